The summed E-state index contributed by atoms with van der Waals surface area (Å²) in [6.45, 7) is 11.6. The molecule has 0 bridgehead atoms. The number of anilines is 2. The lowest BCUT2D eigenvalue weighted by atomic mass is 10.0. The van der Waals surface area contributed by atoms with Gasteiger partial charge in [0.05, 0.1) is 30.8 Å². The fourth-order valence-electron chi connectivity index (χ4n) is 7.58. The number of ether oxygens (including phenoxy) is 1. The van der Waals surface area contributed by atoms with Gasteiger partial charge < -0.3 is 24.3 Å². The first-order chi connectivity index (χ1) is 21.3. The number of nitriles is 1. The molecule has 1 saturated carbocycles. The molecule has 9 nitrogen and oxygen atoms in total. The van der Waals surface area contributed by atoms with Gasteiger partial charge in [-0.15, -0.1) is 0 Å². The van der Waals surface area contributed by atoms with Gasteiger partial charge >= 0.3 is 6.01 Å². The van der Waals surface area contributed by atoms with Gasteiger partial charge in [-0.3, -0.25) is 4.79 Å². The summed E-state index contributed by atoms with van der Waals surface area (Å²) >= 11 is 0. The summed E-state index contributed by atoms with van der Waals surface area (Å²) in [5.74, 6) is 1.61. The molecule has 2 saturated heterocycles. The van der Waals surface area contributed by atoms with Crippen LogP contribution in [0.25, 0.3) is 0 Å². The third-order valence-corrected chi connectivity index (χ3v) is 10.3. The fraction of sp³-hybridized carbons (Fsp3) is 0.588. The number of amides is 1. The number of nitrogens with zero attached hydrogens (tertiary/aromatic N) is 7. The number of carbonyl (C=O) groups is 1. The monoisotopic (exact) mass is 601 g/mol. The van der Waals surface area contributed by atoms with Gasteiger partial charge in [-0.2, -0.15) is 15.2 Å². The number of halogens is 1. The highest BCUT2D eigenvalue weighted by Crippen LogP contribution is 2.47. The molecule has 4 heterocycles. The third-order valence-electron chi connectivity index (χ3n) is 10.3. The summed E-state index contributed by atoms with van der Waals surface area (Å²) in [6.07, 6.45) is 7.21. The summed E-state index contributed by atoms with van der Waals surface area (Å²) in [5.41, 5.74) is 3.44. The van der Waals surface area contributed by atoms with E-state index in [9.17, 15) is 14.4 Å². The number of hydrogen-bond donors (Lipinski definition) is 0. The molecule has 4 aliphatic rings. The second-order valence-corrected chi connectivity index (χ2v) is 13.0. The first kappa shape index (κ1) is 30.3. The second-order valence-electron chi connectivity index (χ2n) is 13.0. The molecule has 10 heteroatoms. The molecule has 234 valence electrons. The van der Waals surface area contributed by atoms with Crippen molar-refractivity contribution in [3.05, 3.63) is 53.5 Å². The maximum atomic E-state index is 14.5. The quantitative estimate of drug-likeness (QED) is 0.389. The van der Waals surface area contributed by atoms with Gasteiger partial charge in [-0.05, 0) is 89.6 Å². The van der Waals surface area contributed by atoms with Crippen LogP contribution in [-0.4, -0.2) is 83.6 Å². The summed E-state index contributed by atoms with van der Waals surface area (Å²) in [7, 11) is 2.24. The van der Waals surface area contributed by atoms with Crippen molar-refractivity contribution in [2.45, 2.75) is 77.1 Å². The molecule has 1 aromatic carbocycles. The Morgan fingerprint density at radius 3 is 2.82 bits per heavy atom. The highest BCUT2D eigenvalue weighted by Gasteiger charge is 2.44. The number of carbonyl (C=O) groups excluding carboxylic acids is 1. The Kier molecular flexibility index (Phi) is 8.77. The van der Waals surface area contributed by atoms with Gasteiger partial charge in [0.15, 0.2) is 0 Å². The third kappa shape index (κ3) is 6.12. The molecule has 1 amide bonds. The van der Waals surface area contributed by atoms with E-state index in [1.54, 1.807) is 11.0 Å². The van der Waals surface area contributed by atoms with Crippen LogP contribution in [-0.2, 0) is 17.8 Å². The van der Waals surface area contributed by atoms with Gasteiger partial charge in [0.2, 0.25) is 5.91 Å². The first-order valence-electron chi connectivity index (χ1n) is 16.1. The summed E-state index contributed by atoms with van der Waals surface area (Å²) < 4.78 is 21.0. The fourth-order valence-corrected chi connectivity index (χ4v) is 7.58. The molecule has 3 fully saturated rings. The second kappa shape index (κ2) is 12.7. The maximum Gasteiger partial charge on any atom is 0.318 e. The minimum atomic E-state index is -0.260. The topological polar surface area (TPSA) is 88.8 Å². The summed E-state index contributed by atoms with van der Waals surface area (Å²) in [6, 6.07) is 8.24. The maximum absolute atomic E-state index is 14.5. The highest BCUT2D eigenvalue weighted by atomic mass is 19.1. The van der Waals surface area contributed by atoms with Crippen molar-refractivity contribution >= 4 is 17.4 Å². The van der Waals surface area contributed by atoms with Crippen molar-refractivity contribution in [2.75, 3.05) is 49.6 Å². The molecule has 44 heavy (non-hydrogen) atoms. The smallest absolute Gasteiger partial charge is 0.318 e. The molecule has 0 N–H and O–H groups in total. The first-order valence-corrected chi connectivity index (χ1v) is 16.1. The lowest BCUT2D eigenvalue weighted by molar-refractivity contribution is -0.128. The average Bonchev–Trinajstić information content (AvgIpc) is 3.69. The number of aromatic nitrogens is 2. The van der Waals surface area contributed by atoms with Crippen molar-refractivity contribution in [1.82, 2.24) is 19.8 Å². The van der Waals surface area contributed by atoms with E-state index < -0.39 is 0 Å². The molecule has 1 aliphatic carbocycles. The van der Waals surface area contributed by atoms with Gasteiger partial charge in [0.25, 0.3) is 0 Å². The average molecular weight is 602 g/mol. The van der Waals surface area contributed by atoms with E-state index in [0.29, 0.717) is 68.6 Å². The number of hydrogen-bond acceptors (Lipinski definition) is 8. The van der Waals surface area contributed by atoms with Gasteiger partial charge in [-0.1, -0.05) is 12.6 Å². The molecule has 3 aliphatic heterocycles. The zero-order valence-corrected chi connectivity index (χ0v) is 26.2. The molecule has 4 unspecified atom stereocenters. The molecule has 0 spiro atoms. The van der Waals surface area contributed by atoms with E-state index in [0.717, 1.165) is 22.8 Å². The number of benzene rings is 1. The minimum Gasteiger partial charge on any atom is -0.460 e. The van der Waals surface area contributed by atoms with E-state index >= 15 is 0 Å². The van der Waals surface area contributed by atoms with Crippen LogP contribution in [0.1, 0.15) is 55.8 Å². The van der Waals surface area contributed by atoms with Crippen molar-refractivity contribution in [1.29, 1.82) is 5.26 Å². The van der Waals surface area contributed by atoms with E-state index in [4.69, 9.17) is 14.7 Å². The van der Waals surface area contributed by atoms with E-state index in [-0.39, 0.29) is 30.3 Å². The molecule has 0 radical (unpaired) electrons. The Bertz CT molecular complexity index is 1440. The lowest BCUT2D eigenvalue weighted by Crippen LogP contribution is -2.55. The Morgan fingerprint density at radius 1 is 1.23 bits per heavy atom. The Labute approximate surface area is 260 Å². The van der Waals surface area contributed by atoms with Crippen LogP contribution in [0.2, 0.25) is 0 Å². The van der Waals surface area contributed by atoms with E-state index in [1.807, 2.05) is 13.0 Å². The van der Waals surface area contributed by atoms with Crippen LogP contribution in [0, 0.1) is 35.9 Å². The van der Waals surface area contributed by atoms with Crippen molar-refractivity contribution in [2.24, 2.45) is 11.8 Å². The van der Waals surface area contributed by atoms with E-state index in [1.165, 1.54) is 44.4 Å². The van der Waals surface area contributed by atoms with Crippen LogP contribution in [0.15, 0.2) is 30.9 Å². The normalized spacial score (nSPS) is 25.8. The largest absolute Gasteiger partial charge is 0.460 e. The molecule has 6 rings (SSSR count). The number of rotatable bonds is 9. The zero-order valence-electron chi connectivity index (χ0n) is 26.2. The van der Waals surface area contributed by atoms with Gasteiger partial charge in [0, 0.05) is 49.0 Å². The molecular formula is C34H44FN7O2. The van der Waals surface area contributed by atoms with Crippen LogP contribution in [0.3, 0.4) is 0 Å². The molecule has 5 atom stereocenters. The minimum absolute atomic E-state index is 0.00355. The van der Waals surface area contributed by atoms with Crippen molar-refractivity contribution < 1.29 is 13.9 Å². The van der Waals surface area contributed by atoms with Crippen LogP contribution < -0.4 is 14.5 Å². The number of likely N-dealkylation sites (tertiary alicyclic amines) is 1. The number of fused-ring (bicyclic) bond motifs is 1. The molecule has 2 aromatic rings. The zero-order chi connectivity index (χ0) is 31.0. The van der Waals surface area contributed by atoms with E-state index in [2.05, 4.69) is 41.3 Å². The SMILES string of the molecule is C=CC(=O)N1CCN(c2nc(O[C@H](C)C3CC3CC3CCCN3C)nc3c2CCN(c2cccc(F)c2C)C3)CC1CC#N. The Morgan fingerprint density at radius 2 is 2.07 bits per heavy atom. The van der Waals surface area contributed by atoms with Crippen molar-refractivity contribution in [3.63, 3.8) is 0 Å². The predicted octanol–water partition coefficient (Wildman–Crippen LogP) is 4.49. The van der Waals surface area contributed by atoms with Gasteiger partial charge in [-0.25, -0.2) is 4.39 Å². The predicted molar refractivity (Wildman–Crippen MR) is 168 cm³/mol. The molecule has 1 aromatic heterocycles. The van der Waals surface area contributed by atoms with Crippen LogP contribution in [0.5, 0.6) is 6.01 Å². The Hall–Kier alpha value is -3.71. The standard InChI is InChI=1S/C34H44FN7O2/c1-5-32(43)42-17-16-41(20-26(42)11-13-36)33-27-12-15-40(31-10-6-9-29(35)22(31)2)21-30(27)37-34(38-33)44-23(3)28-19-24(28)18-25-8-7-14-39(25)4/h5-6,9-10,23-26,28H,1,7-8,11-12,14-21H2,2-4H3/t23-,24?,25?,26?,28?/m1/s1. The summed E-state index contributed by atoms with van der Waals surface area (Å²) in [5, 5.41) is 9.53. The van der Waals surface area contributed by atoms with Crippen molar-refractivity contribution in [3.8, 4) is 12.1 Å². The number of piperazine rings is 1. The van der Waals surface area contributed by atoms with Gasteiger partial charge in [0.1, 0.15) is 17.7 Å². The lowest BCUT2D eigenvalue weighted by Gasteiger charge is -2.42. The highest BCUT2D eigenvalue weighted by molar-refractivity contribution is 5.87. The van der Waals surface area contributed by atoms with Crippen LogP contribution in [0.4, 0.5) is 15.9 Å². The molecular weight excluding hydrogens is 557 g/mol. The Balaban J connectivity index is 1.26. The van der Waals surface area contributed by atoms with Crippen LogP contribution >= 0.6 is 0 Å². The summed E-state index contributed by atoms with van der Waals surface area (Å²) in [4.78, 5) is 31.1.